The molecule has 0 spiro atoms. The predicted molar refractivity (Wildman–Crippen MR) is 138 cm³/mol. The van der Waals surface area contributed by atoms with E-state index in [-0.39, 0.29) is 25.0 Å². The van der Waals surface area contributed by atoms with Crippen LogP contribution in [0, 0.1) is 0 Å². The molecule has 0 aliphatic carbocycles. The minimum Gasteiger partial charge on any atom is -0.497 e. The van der Waals surface area contributed by atoms with Crippen LogP contribution in [0.4, 0.5) is 4.79 Å². The molecule has 7 nitrogen and oxygen atoms in total. The molecule has 0 aliphatic rings. The van der Waals surface area contributed by atoms with E-state index in [9.17, 15) is 9.59 Å². The molecule has 186 valence electrons. The second-order valence-electron chi connectivity index (χ2n) is 9.73. The first-order valence-electron chi connectivity index (χ1n) is 11.7. The Kier molecular flexibility index (Phi) is 8.35. The monoisotopic (exact) mass is 477 g/mol. The molecule has 0 aliphatic heterocycles. The standard InChI is InChI=1S/C28H35N3O4/c1-19(2)30-26(32)25-10-8-7-9-23(25)17-29-31(27(33)35-28(3,4)5)18-20-11-12-22-16-24(34-6)14-13-21(22)15-20/h7-16,19,29H,17-18H2,1-6H3,(H,30,32). The van der Waals surface area contributed by atoms with Crippen LogP contribution < -0.4 is 15.5 Å². The molecule has 0 saturated heterocycles. The molecular weight excluding hydrogens is 442 g/mol. The van der Waals surface area contributed by atoms with Gasteiger partial charge in [-0.05, 0) is 80.8 Å². The molecule has 3 aromatic rings. The lowest BCUT2D eigenvalue weighted by molar-refractivity contribution is 0.0108. The number of amides is 2. The summed E-state index contributed by atoms with van der Waals surface area (Å²) in [5.74, 6) is 0.647. The van der Waals surface area contributed by atoms with E-state index in [1.54, 1.807) is 13.2 Å². The molecule has 0 bridgehead atoms. The van der Waals surface area contributed by atoms with Crippen molar-refractivity contribution in [2.45, 2.75) is 59.4 Å². The van der Waals surface area contributed by atoms with E-state index in [1.165, 1.54) is 5.01 Å². The fraction of sp³-hybridized carbons (Fsp3) is 0.357. The third kappa shape index (κ3) is 7.45. The Bertz CT molecular complexity index is 1180. The van der Waals surface area contributed by atoms with Crippen molar-refractivity contribution in [2.24, 2.45) is 0 Å². The van der Waals surface area contributed by atoms with Gasteiger partial charge in [-0.25, -0.2) is 15.2 Å². The average molecular weight is 478 g/mol. The van der Waals surface area contributed by atoms with Crippen LogP contribution in [0.1, 0.15) is 56.1 Å². The maximum absolute atomic E-state index is 13.0. The van der Waals surface area contributed by atoms with Crippen LogP contribution in [-0.2, 0) is 17.8 Å². The SMILES string of the molecule is COc1ccc2cc(CN(NCc3ccccc3C(=O)NC(C)C)C(=O)OC(C)(C)C)ccc2c1. The highest BCUT2D eigenvalue weighted by molar-refractivity contribution is 5.95. The van der Waals surface area contributed by atoms with Gasteiger partial charge in [-0.3, -0.25) is 4.79 Å². The Morgan fingerprint density at radius 2 is 1.66 bits per heavy atom. The third-order valence-corrected chi connectivity index (χ3v) is 5.21. The van der Waals surface area contributed by atoms with Crippen LogP contribution in [0.25, 0.3) is 10.8 Å². The zero-order chi connectivity index (χ0) is 25.6. The summed E-state index contributed by atoms with van der Waals surface area (Å²) in [4.78, 5) is 25.7. The van der Waals surface area contributed by atoms with Gasteiger partial charge >= 0.3 is 6.09 Å². The van der Waals surface area contributed by atoms with E-state index in [4.69, 9.17) is 9.47 Å². The molecule has 35 heavy (non-hydrogen) atoms. The Balaban J connectivity index is 1.83. The summed E-state index contributed by atoms with van der Waals surface area (Å²) in [6, 6.07) is 19.3. The molecule has 0 heterocycles. The highest BCUT2D eigenvalue weighted by atomic mass is 16.6. The van der Waals surface area contributed by atoms with E-state index in [0.29, 0.717) is 5.56 Å². The summed E-state index contributed by atoms with van der Waals surface area (Å²) in [6.45, 7) is 9.91. The Morgan fingerprint density at radius 3 is 2.34 bits per heavy atom. The lowest BCUT2D eigenvalue weighted by Crippen LogP contribution is -2.45. The number of nitrogens with one attached hydrogen (secondary N) is 2. The Morgan fingerprint density at radius 1 is 0.971 bits per heavy atom. The zero-order valence-corrected chi connectivity index (χ0v) is 21.3. The molecule has 0 atom stereocenters. The van der Waals surface area contributed by atoms with Crippen molar-refractivity contribution in [2.75, 3.05) is 7.11 Å². The average Bonchev–Trinajstić information content (AvgIpc) is 2.79. The number of nitrogens with zero attached hydrogens (tertiary/aromatic N) is 1. The Labute approximate surface area is 207 Å². The van der Waals surface area contributed by atoms with Crippen molar-refractivity contribution in [3.05, 3.63) is 77.4 Å². The quantitative estimate of drug-likeness (QED) is 0.423. The van der Waals surface area contributed by atoms with Crippen LogP contribution in [0.3, 0.4) is 0 Å². The van der Waals surface area contributed by atoms with Crippen LogP contribution in [0.5, 0.6) is 5.75 Å². The van der Waals surface area contributed by atoms with Gasteiger partial charge in [0.15, 0.2) is 0 Å². The summed E-state index contributed by atoms with van der Waals surface area (Å²) in [5, 5.41) is 6.47. The molecule has 7 heteroatoms. The predicted octanol–water partition coefficient (Wildman–Crippen LogP) is 5.43. The van der Waals surface area contributed by atoms with Gasteiger partial charge in [-0.1, -0.05) is 36.4 Å². The number of carbonyl (C=O) groups excluding carboxylic acids is 2. The number of hydrogen-bond donors (Lipinski definition) is 2. The summed E-state index contributed by atoms with van der Waals surface area (Å²) in [5.41, 5.74) is 4.82. The first-order chi connectivity index (χ1) is 16.6. The summed E-state index contributed by atoms with van der Waals surface area (Å²) < 4.78 is 10.9. The number of rotatable bonds is 8. The van der Waals surface area contributed by atoms with Crippen molar-refractivity contribution in [1.82, 2.24) is 15.8 Å². The smallest absolute Gasteiger partial charge is 0.425 e. The highest BCUT2D eigenvalue weighted by Crippen LogP contribution is 2.23. The largest absolute Gasteiger partial charge is 0.497 e. The normalized spacial score (nSPS) is 11.4. The van der Waals surface area contributed by atoms with Gasteiger partial charge in [0.1, 0.15) is 11.4 Å². The van der Waals surface area contributed by atoms with Crippen LogP contribution >= 0.6 is 0 Å². The molecule has 2 N–H and O–H groups in total. The van der Waals surface area contributed by atoms with Gasteiger partial charge < -0.3 is 14.8 Å². The summed E-state index contributed by atoms with van der Waals surface area (Å²) in [6.07, 6.45) is -0.489. The van der Waals surface area contributed by atoms with Crippen LogP contribution in [0.2, 0.25) is 0 Å². The van der Waals surface area contributed by atoms with Crippen molar-refractivity contribution in [1.29, 1.82) is 0 Å². The first-order valence-corrected chi connectivity index (χ1v) is 11.7. The molecule has 0 radical (unpaired) electrons. The van der Waals surface area contributed by atoms with Gasteiger partial charge in [-0.15, -0.1) is 0 Å². The maximum atomic E-state index is 13.0. The van der Waals surface area contributed by atoms with Crippen molar-refractivity contribution < 1.29 is 19.1 Å². The van der Waals surface area contributed by atoms with Crippen molar-refractivity contribution in [3.8, 4) is 5.75 Å². The topological polar surface area (TPSA) is 79.9 Å². The Hall–Kier alpha value is -3.58. The zero-order valence-electron chi connectivity index (χ0n) is 21.3. The van der Waals surface area contributed by atoms with E-state index < -0.39 is 11.7 Å². The third-order valence-electron chi connectivity index (χ3n) is 5.21. The number of benzene rings is 3. The van der Waals surface area contributed by atoms with Gasteiger partial charge in [0.05, 0.1) is 13.7 Å². The van der Waals surface area contributed by atoms with Gasteiger partial charge in [-0.2, -0.15) is 0 Å². The second-order valence-corrected chi connectivity index (χ2v) is 9.73. The van der Waals surface area contributed by atoms with Crippen LogP contribution in [-0.4, -0.2) is 35.8 Å². The first kappa shape index (κ1) is 26.0. The van der Waals surface area contributed by atoms with E-state index in [2.05, 4.69) is 10.7 Å². The minimum absolute atomic E-state index is 0.0228. The number of hydrogen-bond acceptors (Lipinski definition) is 5. The molecule has 2 amide bonds. The number of carbonyl (C=O) groups is 2. The molecular formula is C28H35N3O4. The molecule has 0 aromatic heterocycles. The number of hydrazine groups is 1. The molecule has 3 aromatic carbocycles. The number of methoxy groups -OCH3 is 1. The number of fused-ring (bicyclic) bond motifs is 1. The van der Waals surface area contributed by atoms with Gasteiger partial charge in [0, 0.05) is 18.2 Å². The lowest BCUT2D eigenvalue weighted by atomic mass is 10.1. The summed E-state index contributed by atoms with van der Waals surface area (Å²) in [7, 11) is 1.64. The van der Waals surface area contributed by atoms with E-state index in [0.717, 1.165) is 27.6 Å². The summed E-state index contributed by atoms with van der Waals surface area (Å²) >= 11 is 0. The van der Waals surface area contributed by atoms with Crippen molar-refractivity contribution in [3.63, 3.8) is 0 Å². The fourth-order valence-electron chi connectivity index (χ4n) is 3.60. The lowest BCUT2D eigenvalue weighted by Gasteiger charge is -2.28. The fourth-order valence-corrected chi connectivity index (χ4v) is 3.60. The highest BCUT2D eigenvalue weighted by Gasteiger charge is 2.23. The van der Waals surface area contributed by atoms with Gasteiger partial charge in [0.25, 0.3) is 5.91 Å². The minimum atomic E-state index is -0.647. The molecule has 0 unspecified atom stereocenters. The van der Waals surface area contributed by atoms with E-state index in [1.807, 2.05) is 89.2 Å². The van der Waals surface area contributed by atoms with Crippen molar-refractivity contribution >= 4 is 22.8 Å². The molecule has 0 fully saturated rings. The van der Waals surface area contributed by atoms with E-state index >= 15 is 0 Å². The van der Waals surface area contributed by atoms with Crippen LogP contribution in [0.15, 0.2) is 60.7 Å². The second kappa shape index (κ2) is 11.2. The van der Waals surface area contributed by atoms with Gasteiger partial charge in [0.2, 0.25) is 0 Å². The molecule has 3 rings (SSSR count). The number of ether oxygens (including phenoxy) is 2. The molecule has 0 saturated carbocycles. The maximum Gasteiger partial charge on any atom is 0.425 e.